The SMILES string of the molecule is O=S(C(F)c1ccccc1)C(F)c1ccccc1. The molecule has 2 rings (SSSR count). The molecule has 0 fully saturated rings. The Bertz CT molecular complexity index is 468. The van der Waals surface area contributed by atoms with E-state index in [1.165, 1.54) is 24.3 Å². The molecule has 1 nitrogen and oxygen atoms in total. The van der Waals surface area contributed by atoms with Crippen LogP contribution in [0.15, 0.2) is 60.7 Å². The van der Waals surface area contributed by atoms with Gasteiger partial charge in [0.2, 0.25) is 11.0 Å². The van der Waals surface area contributed by atoms with Crippen molar-refractivity contribution in [2.24, 2.45) is 0 Å². The van der Waals surface area contributed by atoms with Crippen molar-refractivity contribution >= 4 is 10.8 Å². The highest BCUT2D eigenvalue weighted by Crippen LogP contribution is 2.32. The van der Waals surface area contributed by atoms with Gasteiger partial charge in [0.15, 0.2) is 0 Å². The van der Waals surface area contributed by atoms with Crippen LogP contribution in [0.5, 0.6) is 0 Å². The molecule has 0 radical (unpaired) electrons. The summed E-state index contributed by atoms with van der Waals surface area (Å²) in [6.07, 6.45) is 0. The van der Waals surface area contributed by atoms with Gasteiger partial charge in [0, 0.05) is 0 Å². The molecule has 2 aromatic carbocycles. The molecule has 0 spiro atoms. The molecule has 18 heavy (non-hydrogen) atoms. The molecule has 0 aromatic heterocycles. The van der Waals surface area contributed by atoms with Gasteiger partial charge in [-0.2, -0.15) is 0 Å². The van der Waals surface area contributed by atoms with Gasteiger partial charge >= 0.3 is 0 Å². The van der Waals surface area contributed by atoms with Crippen LogP contribution in [0, 0.1) is 0 Å². The molecule has 0 bridgehead atoms. The third-order valence-corrected chi connectivity index (χ3v) is 3.89. The Morgan fingerprint density at radius 1 is 0.722 bits per heavy atom. The van der Waals surface area contributed by atoms with Crippen molar-refractivity contribution in [3.8, 4) is 0 Å². The smallest absolute Gasteiger partial charge is 0.203 e. The minimum atomic E-state index is -2.24. The fourth-order valence-corrected chi connectivity index (χ4v) is 2.64. The van der Waals surface area contributed by atoms with E-state index in [4.69, 9.17) is 0 Å². The van der Waals surface area contributed by atoms with Crippen molar-refractivity contribution in [3.05, 3.63) is 71.8 Å². The van der Waals surface area contributed by atoms with Crippen molar-refractivity contribution < 1.29 is 13.0 Å². The van der Waals surface area contributed by atoms with Crippen LogP contribution in [0.25, 0.3) is 0 Å². The van der Waals surface area contributed by atoms with Crippen molar-refractivity contribution in [2.75, 3.05) is 0 Å². The molecule has 0 saturated carbocycles. The molecule has 0 aliphatic carbocycles. The Morgan fingerprint density at radius 2 is 1.06 bits per heavy atom. The number of alkyl halides is 2. The van der Waals surface area contributed by atoms with Crippen LogP contribution in [0.4, 0.5) is 8.78 Å². The second-order valence-corrected chi connectivity index (χ2v) is 5.27. The number of hydrogen-bond acceptors (Lipinski definition) is 1. The highest BCUT2D eigenvalue weighted by molar-refractivity contribution is 7.85. The van der Waals surface area contributed by atoms with Gasteiger partial charge < -0.3 is 0 Å². The van der Waals surface area contributed by atoms with E-state index in [1.54, 1.807) is 36.4 Å². The minimum Gasteiger partial charge on any atom is -0.253 e. The molecular formula is C14H12F2OS. The van der Waals surface area contributed by atoms with E-state index in [9.17, 15) is 13.0 Å². The van der Waals surface area contributed by atoms with Crippen LogP contribution in [0.1, 0.15) is 22.1 Å². The summed E-state index contributed by atoms with van der Waals surface area (Å²) in [5, 5.41) is 0. The summed E-state index contributed by atoms with van der Waals surface area (Å²) in [6.45, 7) is 0. The van der Waals surface area contributed by atoms with E-state index >= 15 is 0 Å². The molecule has 2 atom stereocenters. The van der Waals surface area contributed by atoms with Gasteiger partial charge in [-0.25, -0.2) is 8.78 Å². The topological polar surface area (TPSA) is 17.1 Å². The molecule has 0 saturated heterocycles. The Kier molecular flexibility index (Phi) is 4.20. The van der Waals surface area contributed by atoms with Gasteiger partial charge in [-0.1, -0.05) is 60.7 Å². The standard InChI is InChI=1S/C14H12F2OS/c15-13(11-7-3-1-4-8-11)18(17)14(16)12-9-5-2-6-10-12/h1-10,13-14H. The Labute approximate surface area is 107 Å². The Balaban J connectivity index is 2.17. The third kappa shape index (κ3) is 2.82. The molecule has 0 heterocycles. The maximum Gasteiger partial charge on any atom is 0.203 e. The fourth-order valence-electron chi connectivity index (χ4n) is 1.58. The highest BCUT2D eigenvalue weighted by Gasteiger charge is 2.27. The summed E-state index contributed by atoms with van der Waals surface area (Å²) in [7, 11) is -2.24. The van der Waals surface area contributed by atoms with Gasteiger partial charge in [-0.15, -0.1) is 0 Å². The van der Waals surface area contributed by atoms with E-state index < -0.39 is 21.8 Å². The summed E-state index contributed by atoms with van der Waals surface area (Å²) in [4.78, 5) is 0. The molecule has 2 aromatic rings. The van der Waals surface area contributed by atoms with E-state index in [1.807, 2.05) is 0 Å². The predicted octanol–water partition coefficient (Wildman–Crippen LogP) is 4.07. The van der Waals surface area contributed by atoms with Crippen molar-refractivity contribution in [2.45, 2.75) is 11.0 Å². The maximum atomic E-state index is 13.9. The van der Waals surface area contributed by atoms with E-state index in [2.05, 4.69) is 0 Å². The van der Waals surface area contributed by atoms with Gasteiger partial charge in [0.25, 0.3) is 0 Å². The molecule has 2 unspecified atom stereocenters. The van der Waals surface area contributed by atoms with E-state index in [-0.39, 0.29) is 11.1 Å². The Morgan fingerprint density at radius 3 is 1.39 bits per heavy atom. The molecule has 0 N–H and O–H groups in total. The summed E-state index contributed by atoms with van der Waals surface area (Å²) in [5.74, 6) is 0. The quantitative estimate of drug-likeness (QED) is 0.815. The first-order valence-corrected chi connectivity index (χ1v) is 6.75. The average Bonchev–Trinajstić information content (AvgIpc) is 2.47. The molecule has 0 amide bonds. The average molecular weight is 266 g/mol. The van der Waals surface area contributed by atoms with Crippen LogP contribution < -0.4 is 0 Å². The van der Waals surface area contributed by atoms with Gasteiger partial charge in [-0.05, 0) is 11.1 Å². The zero-order valence-corrected chi connectivity index (χ0v) is 10.3. The second-order valence-electron chi connectivity index (χ2n) is 3.78. The normalized spacial score (nSPS) is 15.9. The van der Waals surface area contributed by atoms with E-state index in [0.717, 1.165) is 0 Å². The number of benzene rings is 2. The fraction of sp³-hybridized carbons (Fsp3) is 0.143. The number of rotatable bonds is 4. The second kappa shape index (κ2) is 5.87. The molecule has 0 aliphatic heterocycles. The summed E-state index contributed by atoms with van der Waals surface area (Å²) in [6, 6.07) is 16.0. The van der Waals surface area contributed by atoms with Crippen LogP contribution in [0.3, 0.4) is 0 Å². The lowest BCUT2D eigenvalue weighted by Crippen LogP contribution is -2.07. The lowest BCUT2D eigenvalue weighted by Gasteiger charge is -2.12. The van der Waals surface area contributed by atoms with Crippen LogP contribution in [-0.4, -0.2) is 4.21 Å². The molecular weight excluding hydrogens is 254 g/mol. The van der Waals surface area contributed by atoms with Crippen molar-refractivity contribution in [1.29, 1.82) is 0 Å². The zero-order valence-electron chi connectivity index (χ0n) is 9.50. The number of halogens is 2. The first kappa shape index (κ1) is 12.9. The van der Waals surface area contributed by atoms with Gasteiger partial charge in [0.1, 0.15) is 10.8 Å². The van der Waals surface area contributed by atoms with Crippen LogP contribution in [0.2, 0.25) is 0 Å². The first-order chi connectivity index (χ1) is 8.70. The first-order valence-electron chi connectivity index (χ1n) is 5.47. The molecule has 94 valence electrons. The van der Waals surface area contributed by atoms with Crippen molar-refractivity contribution in [3.63, 3.8) is 0 Å². The zero-order chi connectivity index (χ0) is 13.0. The molecule has 4 heteroatoms. The maximum absolute atomic E-state index is 13.9. The van der Waals surface area contributed by atoms with Crippen LogP contribution >= 0.6 is 0 Å². The minimum absolute atomic E-state index is 0.231. The lowest BCUT2D eigenvalue weighted by molar-refractivity contribution is 0.410. The van der Waals surface area contributed by atoms with Gasteiger partial charge in [0.05, 0.1) is 0 Å². The summed E-state index contributed by atoms with van der Waals surface area (Å²) >= 11 is 0. The summed E-state index contributed by atoms with van der Waals surface area (Å²) in [5.41, 5.74) is -3.17. The van der Waals surface area contributed by atoms with E-state index in [0.29, 0.717) is 0 Å². The van der Waals surface area contributed by atoms with Gasteiger partial charge in [-0.3, -0.25) is 4.21 Å². The summed E-state index contributed by atoms with van der Waals surface area (Å²) < 4.78 is 39.7. The predicted molar refractivity (Wildman–Crippen MR) is 68.7 cm³/mol. The largest absolute Gasteiger partial charge is 0.253 e. The highest BCUT2D eigenvalue weighted by atomic mass is 32.2. The van der Waals surface area contributed by atoms with Crippen LogP contribution in [-0.2, 0) is 10.8 Å². The Hall–Kier alpha value is -1.55. The third-order valence-electron chi connectivity index (χ3n) is 2.53. The van der Waals surface area contributed by atoms with Crippen molar-refractivity contribution in [1.82, 2.24) is 0 Å². The monoisotopic (exact) mass is 266 g/mol. The number of hydrogen-bond donors (Lipinski definition) is 0. The lowest BCUT2D eigenvalue weighted by atomic mass is 10.2. The molecule has 0 aliphatic rings.